The van der Waals surface area contributed by atoms with Crippen LogP contribution in [0.15, 0.2) is 36.1 Å². The number of aromatic nitrogens is 2. The van der Waals surface area contributed by atoms with Gasteiger partial charge in [-0.3, -0.25) is 9.78 Å². The van der Waals surface area contributed by atoms with Gasteiger partial charge >= 0.3 is 0 Å². The minimum absolute atomic E-state index is 0.00689. The van der Waals surface area contributed by atoms with Gasteiger partial charge in [0.25, 0.3) is 0 Å². The number of hydrogen-bond acceptors (Lipinski definition) is 5. The zero-order chi connectivity index (χ0) is 16.4. The fraction of sp³-hybridized carbons (Fsp3) is 0.500. The minimum atomic E-state index is -0.296. The van der Waals surface area contributed by atoms with Crippen LogP contribution in [0.4, 0.5) is 0 Å². The van der Waals surface area contributed by atoms with Gasteiger partial charge in [0.2, 0.25) is 11.8 Å². The Kier molecular flexibility index (Phi) is 4.22. The molecule has 126 valence electrons. The highest BCUT2D eigenvalue weighted by atomic mass is 32.1. The van der Waals surface area contributed by atoms with Crippen molar-refractivity contribution in [3.63, 3.8) is 0 Å². The van der Waals surface area contributed by atoms with E-state index >= 15 is 0 Å². The van der Waals surface area contributed by atoms with Crippen molar-refractivity contribution in [3.8, 4) is 5.88 Å². The standard InChI is InChI=1S/C18H21N3O2S/c22-17(18(6-1-2-7-18)15-4-3-11-24-15)21-10-5-14(13-21)23-16-12-19-8-9-20-16/h3-4,8-9,11-12,14H,1-2,5-7,10,13H2/t14-/m0/s1. The molecule has 1 saturated carbocycles. The van der Waals surface area contributed by atoms with Gasteiger partial charge in [0.1, 0.15) is 6.10 Å². The fourth-order valence-electron chi connectivity index (χ4n) is 3.92. The summed E-state index contributed by atoms with van der Waals surface area (Å²) < 4.78 is 5.88. The quantitative estimate of drug-likeness (QED) is 0.856. The summed E-state index contributed by atoms with van der Waals surface area (Å²) in [4.78, 5) is 24.7. The first-order chi connectivity index (χ1) is 11.8. The van der Waals surface area contributed by atoms with Gasteiger partial charge < -0.3 is 9.64 Å². The second-order valence-corrected chi connectivity index (χ2v) is 7.54. The molecule has 2 fully saturated rings. The van der Waals surface area contributed by atoms with Gasteiger partial charge in [0.15, 0.2) is 0 Å². The summed E-state index contributed by atoms with van der Waals surface area (Å²) >= 11 is 1.71. The molecule has 2 aromatic heterocycles. The van der Waals surface area contributed by atoms with Gasteiger partial charge in [0, 0.05) is 30.2 Å². The number of likely N-dealkylation sites (tertiary alicyclic amines) is 1. The van der Waals surface area contributed by atoms with E-state index in [-0.39, 0.29) is 17.4 Å². The zero-order valence-corrected chi connectivity index (χ0v) is 14.4. The molecule has 0 radical (unpaired) electrons. The lowest BCUT2D eigenvalue weighted by atomic mass is 9.83. The van der Waals surface area contributed by atoms with Crippen LogP contribution < -0.4 is 4.74 Å². The Morgan fingerprint density at radius 3 is 2.92 bits per heavy atom. The molecular weight excluding hydrogens is 322 g/mol. The minimum Gasteiger partial charge on any atom is -0.471 e. The summed E-state index contributed by atoms with van der Waals surface area (Å²) in [6, 6.07) is 4.18. The van der Waals surface area contributed by atoms with Crippen molar-refractivity contribution in [2.45, 2.75) is 43.6 Å². The molecule has 3 heterocycles. The van der Waals surface area contributed by atoms with Crippen LogP contribution in [0.1, 0.15) is 37.0 Å². The molecule has 1 saturated heterocycles. The van der Waals surface area contributed by atoms with Crippen LogP contribution in [-0.4, -0.2) is 40.0 Å². The molecule has 0 bridgehead atoms. The fourth-order valence-corrected chi connectivity index (χ4v) is 4.90. The van der Waals surface area contributed by atoms with Crippen LogP contribution in [0, 0.1) is 0 Å². The molecule has 2 aromatic rings. The van der Waals surface area contributed by atoms with E-state index in [1.807, 2.05) is 4.90 Å². The average Bonchev–Trinajstić information content (AvgIpc) is 3.36. The SMILES string of the molecule is O=C(N1CC[C@H](Oc2cnccn2)C1)C1(c2cccs2)CCCC1. The number of thiophene rings is 1. The zero-order valence-electron chi connectivity index (χ0n) is 13.6. The van der Waals surface area contributed by atoms with E-state index in [0.29, 0.717) is 12.4 Å². The van der Waals surface area contributed by atoms with E-state index in [4.69, 9.17) is 4.74 Å². The van der Waals surface area contributed by atoms with E-state index in [1.165, 1.54) is 4.88 Å². The summed E-state index contributed by atoms with van der Waals surface area (Å²) in [5, 5.41) is 2.08. The lowest BCUT2D eigenvalue weighted by Crippen LogP contribution is -2.44. The Morgan fingerprint density at radius 2 is 2.21 bits per heavy atom. The van der Waals surface area contributed by atoms with Gasteiger partial charge in [-0.15, -0.1) is 11.3 Å². The maximum atomic E-state index is 13.3. The van der Waals surface area contributed by atoms with E-state index in [1.54, 1.807) is 29.9 Å². The van der Waals surface area contributed by atoms with E-state index in [2.05, 4.69) is 27.5 Å². The molecule has 1 aliphatic heterocycles. The van der Waals surface area contributed by atoms with E-state index in [0.717, 1.165) is 38.6 Å². The first-order valence-corrected chi connectivity index (χ1v) is 9.42. The van der Waals surface area contributed by atoms with Crippen molar-refractivity contribution in [3.05, 3.63) is 41.0 Å². The molecular formula is C18H21N3O2S. The maximum Gasteiger partial charge on any atom is 0.234 e. The average molecular weight is 343 g/mol. The van der Waals surface area contributed by atoms with Gasteiger partial charge in [-0.05, 0) is 24.3 Å². The molecule has 4 rings (SSSR count). The van der Waals surface area contributed by atoms with Crippen LogP contribution in [-0.2, 0) is 10.2 Å². The number of carbonyl (C=O) groups excluding carboxylic acids is 1. The number of hydrogen-bond donors (Lipinski definition) is 0. The molecule has 0 spiro atoms. The Labute approximate surface area is 145 Å². The number of rotatable bonds is 4. The van der Waals surface area contributed by atoms with Gasteiger partial charge in [-0.1, -0.05) is 18.9 Å². The monoisotopic (exact) mass is 343 g/mol. The number of carbonyl (C=O) groups is 1. The van der Waals surface area contributed by atoms with Gasteiger partial charge in [-0.25, -0.2) is 4.98 Å². The highest BCUT2D eigenvalue weighted by Gasteiger charge is 2.47. The smallest absolute Gasteiger partial charge is 0.234 e. The molecule has 1 atom stereocenters. The van der Waals surface area contributed by atoms with Crippen molar-refractivity contribution >= 4 is 17.2 Å². The predicted molar refractivity (Wildman–Crippen MR) is 92.1 cm³/mol. The molecule has 5 nitrogen and oxygen atoms in total. The second-order valence-electron chi connectivity index (χ2n) is 6.59. The third-order valence-corrected chi connectivity index (χ3v) is 6.19. The molecule has 0 aromatic carbocycles. The highest BCUT2D eigenvalue weighted by molar-refractivity contribution is 7.10. The van der Waals surface area contributed by atoms with Crippen molar-refractivity contribution in [2.24, 2.45) is 0 Å². The second kappa shape index (κ2) is 6.51. The first-order valence-electron chi connectivity index (χ1n) is 8.54. The van der Waals surface area contributed by atoms with Gasteiger partial charge in [0.05, 0.1) is 18.2 Å². The largest absolute Gasteiger partial charge is 0.471 e. The van der Waals surface area contributed by atoms with E-state index in [9.17, 15) is 4.79 Å². The normalized spacial score (nSPS) is 22.7. The summed E-state index contributed by atoms with van der Waals surface area (Å²) in [5.41, 5.74) is -0.296. The van der Waals surface area contributed by atoms with Crippen LogP contribution in [0.3, 0.4) is 0 Å². The number of nitrogens with zero attached hydrogens (tertiary/aromatic N) is 3. The van der Waals surface area contributed by atoms with Crippen molar-refractivity contribution in [1.82, 2.24) is 14.9 Å². The molecule has 24 heavy (non-hydrogen) atoms. The number of amides is 1. The maximum absolute atomic E-state index is 13.3. The van der Waals surface area contributed by atoms with Crippen LogP contribution in [0.25, 0.3) is 0 Å². The van der Waals surface area contributed by atoms with E-state index < -0.39 is 0 Å². The van der Waals surface area contributed by atoms with Crippen LogP contribution >= 0.6 is 11.3 Å². The summed E-state index contributed by atoms with van der Waals surface area (Å²) in [6.45, 7) is 1.40. The molecule has 1 aliphatic carbocycles. The third kappa shape index (κ3) is 2.79. The predicted octanol–water partition coefficient (Wildman–Crippen LogP) is 3.03. The lowest BCUT2D eigenvalue weighted by Gasteiger charge is -2.31. The van der Waals surface area contributed by atoms with Crippen molar-refractivity contribution in [1.29, 1.82) is 0 Å². The first kappa shape index (κ1) is 15.6. The molecule has 1 amide bonds. The Bertz CT molecular complexity index is 684. The van der Waals surface area contributed by atoms with Crippen molar-refractivity contribution < 1.29 is 9.53 Å². The lowest BCUT2D eigenvalue weighted by molar-refractivity contribution is -0.136. The molecule has 2 aliphatic rings. The number of ether oxygens (including phenoxy) is 1. The highest BCUT2D eigenvalue weighted by Crippen LogP contribution is 2.45. The third-order valence-electron chi connectivity index (χ3n) is 5.12. The molecule has 0 unspecified atom stereocenters. The summed E-state index contributed by atoms with van der Waals surface area (Å²) in [6.07, 6.45) is 9.94. The van der Waals surface area contributed by atoms with Crippen LogP contribution in [0.2, 0.25) is 0 Å². The summed E-state index contributed by atoms with van der Waals surface area (Å²) in [5.74, 6) is 0.818. The van der Waals surface area contributed by atoms with Crippen molar-refractivity contribution in [2.75, 3.05) is 13.1 Å². The Hall–Kier alpha value is -1.95. The summed E-state index contributed by atoms with van der Waals surface area (Å²) in [7, 11) is 0. The van der Waals surface area contributed by atoms with Gasteiger partial charge in [-0.2, -0.15) is 0 Å². The Balaban J connectivity index is 1.47. The van der Waals surface area contributed by atoms with Crippen LogP contribution in [0.5, 0.6) is 5.88 Å². The molecule has 0 N–H and O–H groups in total. The Morgan fingerprint density at radius 1 is 1.33 bits per heavy atom. The molecule has 6 heteroatoms. The topological polar surface area (TPSA) is 55.3 Å².